The molecule has 2 unspecified atom stereocenters. The zero-order valence-electron chi connectivity index (χ0n) is 14.0. The maximum atomic E-state index is 12.4. The fraction of sp³-hybridized carbons (Fsp3) is 0.812. The molecule has 2 atom stereocenters. The van der Waals surface area contributed by atoms with E-state index in [1.54, 1.807) is 0 Å². The van der Waals surface area contributed by atoms with Gasteiger partial charge in [-0.15, -0.1) is 0 Å². The number of hydrogen-bond donors (Lipinski definition) is 1. The van der Waals surface area contributed by atoms with Crippen molar-refractivity contribution >= 4 is 5.91 Å². The molecular weight excluding hydrogens is 282 g/mol. The fourth-order valence-electron chi connectivity index (χ4n) is 2.70. The molecule has 1 N–H and O–H groups in total. The lowest BCUT2D eigenvalue weighted by atomic mass is 9.93. The minimum Gasteiger partial charge on any atom is -0.396 e. The van der Waals surface area contributed by atoms with Crippen molar-refractivity contribution in [2.45, 2.75) is 64.8 Å². The maximum absolute atomic E-state index is 12.4. The van der Waals surface area contributed by atoms with Gasteiger partial charge >= 0.3 is 0 Å². The SMILES string of the molecule is CC1CCC(CO)CN1C(=O)CCc1nc(C(C)(C)C)no1. The molecule has 1 aliphatic heterocycles. The van der Waals surface area contributed by atoms with Gasteiger partial charge in [0.1, 0.15) is 0 Å². The van der Waals surface area contributed by atoms with Crippen LogP contribution < -0.4 is 0 Å². The number of aliphatic hydroxyl groups is 1. The third-order valence-corrected chi connectivity index (χ3v) is 4.25. The molecule has 6 heteroatoms. The molecule has 0 spiro atoms. The molecule has 0 saturated carbocycles. The number of carbonyl (C=O) groups excluding carboxylic acids is 1. The van der Waals surface area contributed by atoms with E-state index in [0.717, 1.165) is 12.8 Å². The van der Waals surface area contributed by atoms with Gasteiger partial charge in [0.2, 0.25) is 11.8 Å². The summed E-state index contributed by atoms with van der Waals surface area (Å²) in [6, 6.07) is 0.239. The molecule has 0 aliphatic carbocycles. The molecule has 6 nitrogen and oxygen atoms in total. The molecule has 0 bridgehead atoms. The Kier molecular flexibility index (Phi) is 5.21. The molecule has 1 aromatic rings. The van der Waals surface area contributed by atoms with Gasteiger partial charge in [-0.3, -0.25) is 4.79 Å². The molecule has 1 aromatic heterocycles. The maximum Gasteiger partial charge on any atom is 0.227 e. The summed E-state index contributed by atoms with van der Waals surface area (Å²) in [6.07, 6.45) is 2.77. The number of nitrogens with zero attached hydrogens (tertiary/aromatic N) is 3. The van der Waals surface area contributed by atoms with Crippen molar-refractivity contribution in [3.8, 4) is 0 Å². The first kappa shape index (κ1) is 16.9. The summed E-state index contributed by atoms with van der Waals surface area (Å²) in [5.74, 6) is 1.49. The smallest absolute Gasteiger partial charge is 0.227 e. The zero-order chi connectivity index (χ0) is 16.3. The predicted octanol–water partition coefficient (Wildman–Crippen LogP) is 1.92. The van der Waals surface area contributed by atoms with Gasteiger partial charge in [-0.25, -0.2) is 0 Å². The monoisotopic (exact) mass is 309 g/mol. The van der Waals surface area contributed by atoms with E-state index in [-0.39, 0.29) is 29.9 Å². The first-order chi connectivity index (χ1) is 10.3. The van der Waals surface area contributed by atoms with E-state index >= 15 is 0 Å². The number of aryl methyl sites for hydroxylation is 1. The van der Waals surface area contributed by atoms with Crippen LogP contribution in [0.15, 0.2) is 4.52 Å². The Balaban J connectivity index is 1.90. The molecule has 2 heterocycles. The summed E-state index contributed by atoms with van der Waals surface area (Å²) in [7, 11) is 0. The van der Waals surface area contributed by atoms with Crippen molar-refractivity contribution in [2.75, 3.05) is 13.2 Å². The summed E-state index contributed by atoms with van der Waals surface area (Å²) >= 11 is 0. The van der Waals surface area contributed by atoms with E-state index in [0.29, 0.717) is 31.1 Å². The Morgan fingerprint density at radius 1 is 1.41 bits per heavy atom. The van der Waals surface area contributed by atoms with Gasteiger partial charge in [-0.05, 0) is 25.7 Å². The van der Waals surface area contributed by atoms with Crippen LogP contribution in [0.3, 0.4) is 0 Å². The lowest BCUT2D eigenvalue weighted by Gasteiger charge is -2.37. The first-order valence-corrected chi connectivity index (χ1v) is 8.04. The topological polar surface area (TPSA) is 79.5 Å². The van der Waals surface area contributed by atoms with E-state index < -0.39 is 0 Å². The predicted molar refractivity (Wildman–Crippen MR) is 82.3 cm³/mol. The molecule has 1 aliphatic rings. The molecule has 2 rings (SSSR count). The highest BCUT2D eigenvalue weighted by molar-refractivity contribution is 5.76. The van der Waals surface area contributed by atoms with Crippen LogP contribution in [-0.2, 0) is 16.6 Å². The van der Waals surface area contributed by atoms with Crippen LogP contribution in [0.1, 0.15) is 58.7 Å². The van der Waals surface area contributed by atoms with Gasteiger partial charge < -0.3 is 14.5 Å². The third-order valence-electron chi connectivity index (χ3n) is 4.25. The van der Waals surface area contributed by atoms with Gasteiger partial charge in [0.25, 0.3) is 0 Å². The van der Waals surface area contributed by atoms with Crippen LogP contribution in [0.2, 0.25) is 0 Å². The lowest BCUT2D eigenvalue weighted by molar-refractivity contribution is -0.136. The normalized spacial score (nSPS) is 22.9. The van der Waals surface area contributed by atoms with Crippen LogP contribution in [0, 0.1) is 5.92 Å². The summed E-state index contributed by atoms with van der Waals surface area (Å²) in [5.41, 5.74) is -0.151. The highest BCUT2D eigenvalue weighted by Gasteiger charge is 2.28. The Morgan fingerprint density at radius 2 is 2.14 bits per heavy atom. The number of hydrogen-bond acceptors (Lipinski definition) is 5. The third kappa shape index (κ3) is 4.06. The standard InChI is InChI=1S/C16H27N3O3/c1-11-5-6-12(10-20)9-19(11)14(21)8-7-13-17-15(18-22-13)16(2,3)4/h11-12,20H,5-10H2,1-4H3. The minimum absolute atomic E-state index is 0.0983. The number of carbonyl (C=O) groups is 1. The van der Waals surface area contributed by atoms with E-state index in [1.165, 1.54) is 0 Å². The molecule has 124 valence electrons. The average molecular weight is 309 g/mol. The zero-order valence-corrected chi connectivity index (χ0v) is 14.0. The molecule has 0 aromatic carbocycles. The van der Waals surface area contributed by atoms with Crippen molar-refractivity contribution < 1.29 is 14.4 Å². The number of aliphatic hydroxyl groups excluding tert-OH is 1. The lowest BCUT2D eigenvalue weighted by Crippen LogP contribution is -2.46. The van der Waals surface area contributed by atoms with Crippen molar-refractivity contribution in [1.82, 2.24) is 15.0 Å². The van der Waals surface area contributed by atoms with Crippen molar-refractivity contribution in [3.63, 3.8) is 0 Å². The fourth-order valence-corrected chi connectivity index (χ4v) is 2.70. The Morgan fingerprint density at radius 3 is 2.73 bits per heavy atom. The molecule has 1 saturated heterocycles. The van der Waals surface area contributed by atoms with Gasteiger partial charge in [-0.1, -0.05) is 25.9 Å². The van der Waals surface area contributed by atoms with E-state index in [4.69, 9.17) is 4.52 Å². The summed E-state index contributed by atoms with van der Waals surface area (Å²) in [5, 5.41) is 13.3. The van der Waals surface area contributed by atoms with E-state index in [1.807, 2.05) is 25.7 Å². The largest absolute Gasteiger partial charge is 0.396 e. The number of likely N-dealkylation sites (tertiary alicyclic amines) is 1. The van der Waals surface area contributed by atoms with Gasteiger partial charge in [0.15, 0.2) is 5.82 Å². The Bertz CT molecular complexity index is 507. The number of amides is 1. The van der Waals surface area contributed by atoms with Crippen LogP contribution in [0.4, 0.5) is 0 Å². The Hall–Kier alpha value is -1.43. The number of piperidine rings is 1. The van der Waals surface area contributed by atoms with E-state index in [9.17, 15) is 9.90 Å². The summed E-state index contributed by atoms with van der Waals surface area (Å²) in [6.45, 7) is 8.93. The second kappa shape index (κ2) is 6.77. The van der Waals surface area contributed by atoms with Crippen molar-refractivity contribution in [2.24, 2.45) is 5.92 Å². The quantitative estimate of drug-likeness (QED) is 0.919. The summed E-state index contributed by atoms with van der Waals surface area (Å²) < 4.78 is 5.23. The van der Waals surface area contributed by atoms with Crippen molar-refractivity contribution in [1.29, 1.82) is 0 Å². The first-order valence-electron chi connectivity index (χ1n) is 8.04. The number of aromatic nitrogens is 2. The molecule has 1 fully saturated rings. The highest BCUT2D eigenvalue weighted by atomic mass is 16.5. The minimum atomic E-state index is -0.151. The number of rotatable bonds is 4. The van der Waals surface area contributed by atoms with E-state index in [2.05, 4.69) is 17.1 Å². The molecule has 1 amide bonds. The highest BCUT2D eigenvalue weighted by Crippen LogP contribution is 2.23. The van der Waals surface area contributed by atoms with Crippen LogP contribution in [0.25, 0.3) is 0 Å². The summed E-state index contributed by atoms with van der Waals surface area (Å²) in [4.78, 5) is 18.6. The van der Waals surface area contributed by atoms with Crippen LogP contribution in [-0.4, -0.2) is 45.2 Å². The van der Waals surface area contributed by atoms with Gasteiger partial charge in [-0.2, -0.15) is 4.98 Å². The average Bonchev–Trinajstić information content (AvgIpc) is 2.94. The van der Waals surface area contributed by atoms with Gasteiger partial charge in [0, 0.05) is 37.5 Å². The Labute approximate surface area is 131 Å². The second-order valence-corrected chi connectivity index (χ2v) is 7.28. The van der Waals surface area contributed by atoms with Crippen LogP contribution in [0.5, 0.6) is 0 Å². The van der Waals surface area contributed by atoms with Crippen molar-refractivity contribution in [3.05, 3.63) is 11.7 Å². The second-order valence-electron chi connectivity index (χ2n) is 7.28. The molecule has 22 heavy (non-hydrogen) atoms. The van der Waals surface area contributed by atoms with Crippen LogP contribution >= 0.6 is 0 Å². The molecule has 0 radical (unpaired) electrons. The van der Waals surface area contributed by atoms with Gasteiger partial charge in [0.05, 0.1) is 0 Å². The molecular formula is C16H27N3O3.